The minimum absolute atomic E-state index is 0.590. The molecule has 2 aromatic heterocycles. The van der Waals surface area contributed by atoms with Gasteiger partial charge in [0.15, 0.2) is 0 Å². The number of aromatic nitrogens is 5. The van der Waals surface area contributed by atoms with Crippen molar-refractivity contribution in [3.05, 3.63) is 29.6 Å². The molecule has 0 unspecified atom stereocenters. The molecule has 2 aromatic rings. The summed E-state index contributed by atoms with van der Waals surface area (Å²) < 4.78 is 0. The first-order valence-electron chi connectivity index (χ1n) is 5.66. The van der Waals surface area contributed by atoms with E-state index in [1.54, 1.807) is 6.20 Å². The van der Waals surface area contributed by atoms with Crippen LogP contribution in [0.3, 0.4) is 0 Å². The molecule has 0 atom stereocenters. The highest BCUT2D eigenvalue weighted by Crippen LogP contribution is 2.02. The van der Waals surface area contributed by atoms with Crippen molar-refractivity contribution in [3.8, 4) is 0 Å². The van der Waals surface area contributed by atoms with Gasteiger partial charge in [-0.15, -0.1) is 5.10 Å². The van der Waals surface area contributed by atoms with E-state index in [1.165, 1.54) is 0 Å². The number of nitrogens with one attached hydrogen (secondary N) is 2. The summed E-state index contributed by atoms with van der Waals surface area (Å²) >= 11 is 0. The van der Waals surface area contributed by atoms with Crippen LogP contribution in [0.1, 0.15) is 23.6 Å². The zero-order chi connectivity index (χ0) is 12.1. The normalized spacial score (nSPS) is 10.5. The highest BCUT2D eigenvalue weighted by atomic mass is 15.2. The minimum atomic E-state index is 0.590. The molecule has 0 saturated heterocycles. The Bertz CT molecular complexity index is 465. The Balaban J connectivity index is 1.76. The van der Waals surface area contributed by atoms with Crippen molar-refractivity contribution in [2.45, 2.75) is 26.7 Å². The molecule has 0 bridgehead atoms. The summed E-state index contributed by atoms with van der Waals surface area (Å²) in [6, 6.07) is 0. The van der Waals surface area contributed by atoms with E-state index in [1.807, 2.05) is 20.0 Å². The van der Waals surface area contributed by atoms with Gasteiger partial charge < -0.3 is 10.3 Å². The zero-order valence-electron chi connectivity index (χ0n) is 10.1. The van der Waals surface area contributed by atoms with Crippen molar-refractivity contribution >= 4 is 5.95 Å². The summed E-state index contributed by atoms with van der Waals surface area (Å²) in [5.74, 6) is 1.60. The van der Waals surface area contributed by atoms with E-state index in [9.17, 15) is 0 Å². The molecule has 90 valence electrons. The van der Waals surface area contributed by atoms with Gasteiger partial charge in [-0.1, -0.05) is 0 Å². The monoisotopic (exact) mass is 232 g/mol. The second-order valence-electron chi connectivity index (χ2n) is 3.87. The molecule has 0 radical (unpaired) electrons. The Morgan fingerprint density at radius 3 is 2.82 bits per heavy atom. The predicted molar refractivity (Wildman–Crippen MR) is 64.7 cm³/mol. The van der Waals surface area contributed by atoms with Gasteiger partial charge in [0, 0.05) is 25.4 Å². The van der Waals surface area contributed by atoms with E-state index in [4.69, 9.17) is 0 Å². The fraction of sp³-hybridized carbons (Fsp3) is 0.455. The molecule has 0 aromatic carbocycles. The Hall–Kier alpha value is -1.98. The number of nitrogens with zero attached hydrogens (tertiary/aromatic N) is 4. The van der Waals surface area contributed by atoms with Crippen molar-refractivity contribution in [3.63, 3.8) is 0 Å². The van der Waals surface area contributed by atoms with E-state index in [0.29, 0.717) is 5.95 Å². The van der Waals surface area contributed by atoms with Crippen molar-refractivity contribution in [1.29, 1.82) is 0 Å². The van der Waals surface area contributed by atoms with E-state index in [0.717, 1.165) is 36.6 Å². The molecule has 0 aliphatic rings. The molecule has 17 heavy (non-hydrogen) atoms. The standard InChI is InChI=1S/C11H16N6/c1-8-9(2)16-17-11(15-8)14-5-3-4-10-12-6-7-13-10/h6-7H,3-5H2,1-2H3,(H,12,13)(H,14,15,17). The van der Waals surface area contributed by atoms with Crippen molar-refractivity contribution < 1.29 is 0 Å². The van der Waals surface area contributed by atoms with E-state index >= 15 is 0 Å². The highest BCUT2D eigenvalue weighted by molar-refractivity contribution is 5.24. The number of H-pyrrole nitrogens is 1. The molecule has 0 spiro atoms. The molecular weight excluding hydrogens is 216 g/mol. The summed E-state index contributed by atoms with van der Waals surface area (Å²) in [6.45, 7) is 4.64. The molecule has 2 N–H and O–H groups in total. The molecule has 0 aliphatic heterocycles. The van der Waals surface area contributed by atoms with Crippen molar-refractivity contribution in [2.24, 2.45) is 0 Å². The van der Waals surface area contributed by atoms with Crippen molar-refractivity contribution in [2.75, 3.05) is 11.9 Å². The summed E-state index contributed by atoms with van der Waals surface area (Å²) in [5.41, 5.74) is 1.78. The Morgan fingerprint density at radius 2 is 2.12 bits per heavy atom. The van der Waals surface area contributed by atoms with Gasteiger partial charge in [0.25, 0.3) is 0 Å². The summed E-state index contributed by atoms with van der Waals surface area (Å²) in [5, 5.41) is 11.1. The van der Waals surface area contributed by atoms with Gasteiger partial charge in [0.1, 0.15) is 5.82 Å². The molecule has 0 amide bonds. The fourth-order valence-electron chi connectivity index (χ4n) is 1.42. The maximum absolute atomic E-state index is 4.30. The Kier molecular flexibility index (Phi) is 3.64. The molecule has 0 saturated carbocycles. The van der Waals surface area contributed by atoms with Crippen LogP contribution in [0.5, 0.6) is 0 Å². The highest BCUT2D eigenvalue weighted by Gasteiger charge is 2.00. The Morgan fingerprint density at radius 1 is 1.24 bits per heavy atom. The van der Waals surface area contributed by atoms with Crippen LogP contribution in [0.15, 0.2) is 12.4 Å². The van der Waals surface area contributed by atoms with Gasteiger partial charge >= 0.3 is 0 Å². The van der Waals surface area contributed by atoms with Crippen LogP contribution < -0.4 is 5.32 Å². The molecule has 6 nitrogen and oxygen atoms in total. The SMILES string of the molecule is Cc1nnc(NCCCc2ncc[nH]2)nc1C. The van der Waals surface area contributed by atoms with E-state index in [-0.39, 0.29) is 0 Å². The van der Waals surface area contributed by atoms with Crippen LogP contribution in [0.25, 0.3) is 0 Å². The van der Waals surface area contributed by atoms with Crippen molar-refractivity contribution in [1.82, 2.24) is 25.1 Å². The number of anilines is 1. The lowest BCUT2D eigenvalue weighted by Gasteiger charge is -2.04. The van der Waals surface area contributed by atoms with Gasteiger partial charge in [-0.3, -0.25) is 0 Å². The molecular formula is C11H16N6. The first kappa shape index (κ1) is 11.5. The van der Waals surface area contributed by atoms with E-state index in [2.05, 4.69) is 30.5 Å². The van der Waals surface area contributed by atoms with Gasteiger partial charge in [-0.25, -0.2) is 9.97 Å². The first-order valence-corrected chi connectivity index (χ1v) is 5.66. The third-order valence-corrected chi connectivity index (χ3v) is 2.52. The predicted octanol–water partition coefficient (Wildman–Crippen LogP) is 1.26. The van der Waals surface area contributed by atoms with Gasteiger partial charge in [-0.05, 0) is 20.3 Å². The third kappa shape index (κ3) is 3.24. The number of aromatic amines is 1. The number of hydrogen-bond acceptors (Lipinski definition) is 5. The van der Waals surface area contributed by atoms with Crippen LogP contribution in [0.4, 0.5) is 5.95 Å². The van der Waals surface area contributed by atoms with Crippen LogP contribution in [0, 0.1) is 13.8 Å². The van der Waals surface area contributed by atoms with E-state index < -0.39 is 0 Å². The minimum Gasteiger partial charge on any atom is -0.353 e. The molecule has 0 fully saturated rings. The second-order valence-corrected chi connectivity index (χ2v) is 3.87. The molecule has 0 aliphatic carbocycles. The second kappa shape index (κ2) is 5.38. The zero-order valence-corrected chi connectivity index (χ0v) is 10.1. The van der Waals surface area contributed by atoms with Crippen LogP contribution in [0.2, 0.25) is 0 Å². The van der Waals surface area contributed by atoms with Crippen LogP contribution >= 0.6 is 0 Å². The smallest absolute Gasteiger partial charge is 0.242 e. The molecule has 2 heterocycles. The lowest BCUT2D eigenvalue weighted by molar-refractivity contribution is 0.799. The number of rotatable bonds is 5. The summed E-state index contributed by atoms with van der Waals surface area (Å²) in [7, 11) is 0. The van der Waals surface area contributed by atoms with Crippen LogP contribution in [-0.2, 0) is 6.42 Å². The topological polar surface area (TPSA) is 79.4 Å². The van der Waals surface area contributed by atoms with Crippen LogP contribution in [-0.4, -0.2) is 31.7 Å². The van der Waals surface area contributed by atoms with Gasteiger partial charge in [-0.2, -0.15) is 5.10 Å². The van der Waals surface area contributed by atoms with Gasteiger partial charge in [0.2, 0.25) is 5.95 Å². The molecule has 6 heteroatoms. The lowest BCUT2D eigenvalue weighted by atomic mass is 10.3. The first-order chi connectivity index (χ1) is 8.25. The quantitative estimate of drug-likeness (QED) is 0.758. The maximum Gasteiger partial charge on any atom is 0.242 e. The summed E-state index contributed by atoms with van der Waals surface area (Å²) in [4.78, 5) is 11.5. The number of aryl methyl sites for hydroxylation is 3. The largest absolute Gasteiger partial charge is 0.353 e. The number of imidazole rings is 1. The average molecular weight is 232 g/mol. The maximum atomic E-state index is 4.30. The lowest BCUT2D eigenvalue weighted by Crippen LogP contribution is -2.09. The van der Waals surface area contributed by atoms with Gasteiger partial charge in [0.05, 0.1) is 11.4 Å². The fourth-order valence-corrected chi connectivity index (χ4v) is 1.42. The molecule has 2 rings (SSSR count). The Labute approximate surface area is 99.9 Å². The number of hydrogen-bond donors (Lipinski definition) is 2. The third-order valence-electron chi connectivity index (χ3n) is 2.52. The summed E-state index contributed by atoms with van der Waals surface area (Å²) in [6.07, 6.45) is 5.49. The average Bonchev–Trinajstić information content (AvgIpc) is 2.82.